The Morgan fingerprint density at radius 2 is 1.73 bits per heavy atom. The molecule has 4 aromatic rings. The van der Waals surface area contributed by atoms with Crippen LogP contribution in [0.15, 0.2) is 49.2 Å². The predicted molar refractivity (Wildman–Crippen MR) is 154 cm³/mol. The van der Waals surface area contributed by atoms with E-state index in [2.05, 4.69) is 41.1 Å². The van der Waals surface area contributed by atoms with Crippen molar-refractivity contribution in [2.75, 3.05) is 17.2 Å². The van der Waals surface area contributed by atoms with E-state index >= 15 is 0 Å². The van der Waals surface area contributed by atoms with Crippen molar-refractivity contribution in [3.63, 3.8) is 0 Å². The van der Waals surface area contributed by atoms with Crippen molar-refractivity contribution in [2.45, 2.75) is 68.8 Å². The van der Waals surface area contributed by atoms with Gasteiger partial charge in [0.2, 0.25) is 0 Å². The zero-order chi connectivity index (χ0) is 30.8. The molecule has 17 heteroatoms. The van der Waals surface area contributed by atoms with Gasteiger partial charge in [0.1, 0.15) is 11.6 Å². The molecule has 0 spiro atoms. The number of halogens is 4. The van der Waals surface area contributed by atoms with Crippen LogP contribution in [0.2, 0.25) is 0 Å². The van der Waals surface area contributed by atoms with E-state index < -0.39 is 28.2 Å². The molecule has 2 aliphatic carbocycles. The van der Waals surface area contributed by atoms with E-state index in [1.165, 1.54) is 37.1 Å². The van der Waals surface area contributed by atoms with Crippen LogP contribution < -0.4 is 16.0 Å². The van der Waals surface area contributed by atoms with Crippen molar-refractivity contribution in [1.29, 1.82) is 0 Å². The van der Waals surface area contributed by atoms with E-state index in [9.17, 15) is 26.0 Å². The standard InChI is InChI=1S/C27H30F4N10O2S/c28-23(29)14-33-17-1-3-18(4-2-17)36-22-11-25(34-13-20(22)21-8-10-40(39-21)27(30)31)37-24-7-9-32-26(38-24)16-12-35-41(15-16)44(42,43)19-5-6-19/h7-13,15,17-19,23,27,33H,1-6,14H2,(H2,32,34,36,37,38). The number of alkyl halides is 4. The molecule has 2 saturated carbocycles. The molecule has 0 atom stereocenters. The summed E-state index contributed by atoms with van der Waals surface area (Å²) in [6.45, 7) is -3.14. The van der Waals surface area contributed by atoms with Crippen molar-refractivity contribution in [3.8, 4) is 22.6 Å². The van der Waals surface area contributed by atoms with Crippen LogP contribution >= 0.6 is 0 Å². The minimum Gasteiger partial charge on any atom is -0.382 e. The zero-order valence-electron chi connectivity index (χ0n) is 23.3. The highest BCUT2D eigenvalue weighted by Gasteiger charge is 2.37. The zero-order valence-corrected chi connectivity index (χ0v) is 24.1. The van der Waals surface area contributed by atoms with Gasteiger partial charge in [-0.15, -0.1) is 0 Å². The molecule has 44 heavy (non-hydrogen) atoms. The van der Waals surface area contributed by atoms with E-state index in [0.29, 0.717) is 64.5 Å². The second kappa shape index (κ2) is 12.5. The number of hydrogen-bond acceptors (Lipinski definition) is 10. The Bertz CT molecular complexity index is 1700. The molecular weight excluding hydrogens is 604 g/mol. The van der Waals surface area contributed by atoms with Crippen LogP contribution in [0, 0.1) is 0 Å². The quantitative estimate of drug-likeness (QED) is 0.188. The predicted octanol–water partition coefficient (Wildman–Crippen LogP) is 4.66. The van der Waals surface area contributed by atoms with Gasteiger partial charge in [-0.05, 0) is 50.7 Å². The summed E-state index contributed by atoms with van der Waals surface area (Å²) in [5.41, 5.74) is 1.85. The number of aromatic nitrogens is 7. The molecule has 12 nitrogen and oxygen atoms in total. The molecule has 0 radical (unpaired) electrons. The van der Waals surface area contributed by atoms with Gasteiger partial charge in [-0.1, -0.05) is 0 Å². The maximum absolute atomic E-state index is 13.2. The molecule has 0 saturated heterocycles. The molecule has 0 amide bonds. The lowest BCUT2D eigenvalue weighted by Gasteiger charge is -2.31. The summed E-state index contributed by atoms with van der Waals surface area (Å²) in [5.74, 6) is 1.04. The van der Waals surface area contributed by atoms with Gasteiger partial charge in [-0.2, -0.15) is 23.1 Å². The van der Waals surface area contributed by atoms with Crippen molar-refractivity contribution in [2.24, 2.45) is 0 Å². The fraction of sp³-hybridized carbons (Fsp3) is 0.444. The molecule has 4 aromatic heterocycles. The Morgan fingerprint density at radius 3 is 2.43 bits per heavy atom. The molecule has 0 aromatic carbocycles. The van der Waals surface area contributed by atoms with Gasteiger partial charge in [0, 0.05) is 48.0 Å². The third-order valence-corrected chi connectivity index (χ3v) is 9.61. The molecule has 0 unspecified atom stereocenters. The second-order valence-electron chi connectivity index (χ2n) is 10.8. The summed E-state index contributed by atoms with van der Waals surface area (Å²) < 4.78 is 78.2. The van der Waals surface area contributed by atoms with Crippen LogP contribution in [-0.4, -0.2) is 72.6 Å². The topological polar surface area (TPSA) is 145 Å². The molecule has 234 valence electrons. The highest BCUT2D eigenvalue weighted by molar-refractivity contribution is 7.90. The lowest BCUT2D eigenvalue weighted by Crippen LogP contribution is -2.39. The van der Waals surface area contributed by atoms with E-state index in [1.807, 2.05) is 0 Å². The Hall–Kier alpha value is -4.12. The van der Waals surface area contributed by atoms with E-state index in [-0.39, 0.29) is 24.5 Å². The average Bonchev–Trinajstić information content (AvgIpc) is 3.54. The molecule has 0 aliphatic heterocycles. The Labute approximate surface area is 250 Å². The van der Waals surface area contributed by atoms with Crippen LogP contribution in [0.4, 0.5) is 34.9 Å². The smallest absolute Gasteiger partial charge is 0.333 e. The van der Waals surface area contributed by atoms with Gasteiger partial charge in [0.15, 0.2) is 5.82 Å². The summed E-state index contributed by atoms with van der Waals surface area (Å²) in [5, 5.41) is 17.1. The Morgan fingerprint density at radius 1 is 0.955 bits per heavy atom. The van der Waals surface area contributed by atoms with Gasteiger partial charge in [0.05, 0.1) is 35.4 Å². The Kier molecular flexibility index (Phi) is 8.48. The SMILES string of the molecule is O=S(=O)(C1CC1)n1cc(-c2nccc(Nc3cc(NC4CCC(NCC(F)F)CC4)c(-c4ccn(C(F)F)n4)cn3)n2)cn1. The Balaban J connectivity index is 1.21. The van der Waals surface area contributed by atoms with Crippen LogP contribution in [-0.2, 0) is 10.0 Å². The fourth-order valence-corrected chi connectivity index (χ4v) is 6.61. The molecule has 3 N–H and O–H groups in total. The van der Waals surface area contributed by atoms with E-state index in [0.717, 1.165) is 16.9 Å². The maximum atomic E-state index is 13.2. The average molecular weight is 635 g/mol. The second-order valence-corrected chi connectivity index (χ2v) is 12.9. The summed E-state index contributed by atoms with van der Waals surface area (Å²) in [4.78, 5) is 13.2. The van der Waals surface area contributed by atoms with Crippen molar-refractivity contribution < 1.29 is 26.0 Å². The van der Waals surface area contributed by atoms with Gasteiger partial charge < -0.3 is 16.0 Å². The number of nitrogens with one attached hydrogen (secondary N) is 3. The third-order valence-electron chi connectivity index (χ3n) is 7.57. The first-order valence-electron chi connectivity index (χ1n) is 14.2. The van der Waals surface area contributed by atoms with Crippen LogP contribution in [0.5, 0.6) is 0 Å². The first-order valence-corrected chi connectivity index (χ1v) is 15.7. The highest BCUT2D eigenvalue weighted by atomic mass is 32.2. The van der Waals surface area contributed by atoms with Crippen LogP contribution in [0.3, 0.4) is 0 Å². The first-order chi connectivity index (χ1) is 21.2. The molecule has 2 aliphatic rings. The highest BCUT2D eigenvalue weighted by Crippen LogP contribution is 2.33. The van der Waals surface area contributed by atoms with Crippen LogP contribution in [0.1, 0.15) is 45.1 Å². The molecule has 4 heterocycles. The summed E-state index contributed by atoms with van der Waals surface area (Å²) in [6, 6.07) is 4.84. The fourth-order valence-electron chi connectivity index (χ4n) is 5.13. The number of nitrogens with zero attached hydrogens (tertiary/aromatic N) is 7. The minimum atomic E-state index is -3.53. The third kappa shape index (κ3) is 6.83. The van der Waals surface area contributed by atoms with Gasteiger partial charge in [-0.25, -0.2) is 36.8 Å². The maximum Gasteiger partial charge on any atom is 0.333 e. The van der Waals surface area contributed by atoms with Gasteiger partial charge in [0.25, 0.3) is 16.4 Å². The van der Waals surface area contributed by atoms with E-state index in [4.69, 9.17) is 0 Å². The molecule has 0 bridgehead atoms. The van der Waals surface area contributed by atoms with Gasteiger partial charge >= 0.3 is 6.55 Å². The number of pyridine rings is 1. The molecule has 6 rings (SSSR count). The van der Waals surface area contributed by atoms with Crippen molar-refractivity contribution >= 4 is 27.3 Å². The van der Waals surface area contributed by atoms with Crippen LogP contribution in [0.25, 0.3) is 22.6 Å². The summed E-state index contributed by atoms with van der Waals surface area (Å²) in [6.07, 6.45) is 8.68. The number of hydrogen-bond donors (Lipinski definition) is 3. The summed E-state index contributed by atoms with van der Waals surface area (Å²) >= 11 is 0. The first kappa shape index (κ1) is 29.9. The minimum absolute atomic E-state index is 0.00538. The van der Waals surface area contributed by atoms with E-state index in [1.54, 1.807) is 12.1 Å². The van der Waals surface area contributed by atoms with Gasteiger partial charge in [-0.3, -0.25) is 0 Å². The number of rotatable bonds is 12. The van der Waals surface area contributed by atoms with Crippen molar-refractivity contribution in [1.82, 2.24) is 39.2 Å². The largest absolute Gasteiger partial charge is 0.382 e. The molecular formula is C27H30F4N10O2S. The monoisotopic (exact) mass is 634 g/mol. The lowest BCUT2D eigenvalue weighted by atomic mass is 9.90. The normalized spacial score (nSPS) is 19.0. The van der Waals surface area contributed by atoms with Crippen molar-refractivity contribution in [3.05, 3.63) is 49.2 Å². The lowest BCUT2D eigenvalue weighted by molar-refractivity contribution is 0.0568. The number of anilines is 3. The molecule has 2 fully saturated rings. The summed E-state index contributed by atoms with van der Waals surface area (Å²) in [7, 11) is -3.53.